The van der Waals surface area contributed by atoms with Crippen molar-refractivity contribution in [2.75, 3.05) is 12.3 Å². The van der Waals surface area contributed by atoms with Crippen molar-refractivity contribution in [1.29, 1.82) is 0 Å². The molecule has 9 heteroatoms. The minimum Gasteiger partial charge on any atom is -0.272 e. The topological polar surface area (TPSA) is 84.9 Å². The molecule has 0 fully saturated rings. The summed E-state index contributed by atoms with van der Waals surface area (Å²) in [6, 6.07) is 17.2. The number of hydrogen-bond acceptors (Lipinski definition) is 6. The smallest absolute Gasteiger partial charge is 0.263 e. The van der Waals surface area contributed by atoms with E-state index in [-0.39, 0.29) is 17.2 Å². The molecule has 8 nitrogen and oxygen atoms in total. The minimum atomic E-state index is -0.145. The van der Waals surface area contributed by atoms with Gasteiger partial charge in [0.05, 0.1) is 28.9 Å². The second kappa shape index (κ2) is 8.43. The number of allylic oxidation sites excluding steroid dienone is 1. The van der Waals surface area contributed by atoms with Crippen LogP contribution in [0.5, 0.6) is 0 Å². The van der Waals surface area contributed by atoms with Gasteiger partial charge in [-0.05, 0) is 17.7 Å². The third-order valence-electron chi connectivity index (χ3n) is 5.31. The van der Waals surface area contributed by atoms with E-state index in [1.54, 1.807) is 12.1 Å². The van der Waals surface area contributed by atoms with Crippen LogP contribution in [0.2, 0.25) is 0 Å². The average molecular weight is 445 g/mol. The Morgan fingerprint density at radius 3 is 2.69 bits per heavy atom. The molecule has 5 rings (SSSR count). The molecular formula is C23H20N6O2S. The summed E-state index contributed by atoms with van der Waals surface area (Å²) in [7, 11) is 0. The van der Waals surface area contributed by atoms with Gasteiger partial charge >= 0.3 is 0 Å². The number of carbonyl (C=O) groups is 1. The van der Waals surface area contributed by atoms with Crippen molar-refractivity contribution in [3.63, 3.8) is 0 Å². The molecule has 1 aliphatic heterocycles. The molecule has 1 aliphatic rings. The van der Waals surface area contributed by atoms with E-state index in [4.69, 9.17) is 0 Å². The molecule has 4 aromatic rings. The first-order valence-corrected chi connectivity index (χ1v) is 11.2. The molecule has 3 heterocycles. The van der Waals surface area contributed by atoms with Crippen LogP contribution in [0.15, 0.2) is 82.3 Å². The van der Waals surface area contributed by atoms with Gasteiger partial charge in [-0.25, -0.2) is 5.01 Å². The summed E-state index contributed by atoms with van der Waals surface area (Å²) in [5.74, 6) is 0.497. The first-order valence-electron chi connectivity index (χ1n) is 10.2. The Labute approximate surface area is 187 Å². The number of fused-ring (bicyclic) bond motifs is 3. The molecule has 0 radical (unpaired) electrons. The SMILES string of the molecule is C=CCn1c(=O)c2ccccc2n2c(SCC(=O)N3CCC(c4ccccc4)=N3)nnc12. The zero-order valence-electron chi connectivity index (χ0n) is 17.2. The molecule has 0 saturated carbocycles. The van der Waals surface area contributed by atoms with Gasteiger partial charge in [-0.2, -0.15) is 5.10 Å². The summed E-state index contributed by atoms with van der Waals surface area (Å²) in [4.78, 5) is 25.7. The van der Waals surface area contributed by atoms with Crippen LogP contribution >= 0.6 is 11.8 Å². The van der Waals surface area contributed by atoms with Gasteiger partial charge in [-0.15, -0.1) is 16.8 Å². The zero-order valence-corrected chi connectivity index (χ0v) is 18.0. The molecule has 0 aliphatic carbocycles. The average Bonchev–Trinajstić information content (AvgIpc) is 3.49. The van der Waals surface area contributed by atoms with E-state index >= 15 is 0 Å². The van der Waals surface area contributed by atoms with Gasteiger partial charge in [0.1, 0.15) is 0 Å². The highest BCUT2D eigenvalue weighted by Crippen LogP contribution is 2.23. The molecule has 2 aromatic heterocycles. The van der Waals surface area contributed by atoms with Crippen molar-refractivity contribution in [2.45, 2.75) is 18.1 Å². The number of amides is 1. The van der Waals surface area contributed by atoms with Crippen LogP contribution in [-0.4, -0.2) is 48.1 Å². The van der Waals surface area contributed by atoms with Crippen LogP contribution in [0.25, 0.3) is 16.7 Å². The highest BCUT2D eigenvalue weighted by molar-refractivity contribution is 7.99. The van der Waals surface area contributed by atoms with Crippen LogP contribution in [0.4, 0.5) is 0 Å². The Morgan fingerprint density at radius 1 is 1.09 bits per heavy atom. The van der Waals surface area contributed by atoms with E-state index in [0.29, 0.717) is 34.9 Å². The normalized spacial score (nSPS) is 13.6. The standard InChI is InChI=1S/C23H20N6O2S/c1-2-13-27-21(31)17-10-6-7-11-19(17)29-22(27)24-25-23(29)32-15-20(30)28-14-12-18(26-28)16-8-4-3-5-9-16/h2-11H,1,12-15H2. The monoisotopic (exact) mass is 444 g/mol. The highest BCUT2D eigenvalue weighted by atomic mass is 32.2. The first-order chi connectivity index (χ1) is 15.7. The highest BCUT2D eigenvalue weighted by Gasteiger charge is 2.23. The van der Waals surface area contributed by atoms with Crippen LogP contribution in [0, 0.1) is 0 Å². The lowest BCUT2D eigenvalue weighted by Gasteiger charge is -2.11. The van der Waals surface area contributed by atoms with Crippen molar-refractivity contribution in [2.24, 2.45) is 5.10 Å². The number of hydrazone groups is 1. The lowest BCUT2D eigenvalue weighted by molar-refractivity contribution is -0.127. The summed E-state index contributed by atoms with van der Waals surface area (Å²) in [5, 5.41) is 15.6. The number of para-hydroxylation sites is 1. The Kier molecular flexibility index (Phi) is 5.32. The number of thioether (sulfide) groups is 1. The molecule has 160 valence electrons. The van der Waals surface area contributed by atoms with Gasteiger partial charge in [0.25, 0.3) is 11.5 Å². The van der Waals surface area contributed by atoms with Crippen LogP contribution < -0.4 is 5.56 Å². The van der Waals surface area contributed by atoms with Crippen molar-refractivity contribution in [3.8, 4) is 0 Å². The maximum Gasteiger partial charge on any atom is 0.263 e. The van der Waals surface area contributed by atoms with E-state index in [1.165, 1.54) is 21.3 Å². The van der Waals surface area contributed by atoms with Crippen molar-refractivity contribution < 1.29 is 4.79 Å². The lowest BCUT2D eigenvalue weighted by Crippen LogP contribution is -2.25. The number of aromatic nitrogens is 4. The van der Waals surface area contributed by atoms with E-state index in [1.807, 2.05) is 52.9 Å². The van der Waals surface area contributed by atoms with Crippen molar-refractivity contribution >= 4 is 40.1 Å². The summed E-state index contributed by atoms with van der Waals surface area (Å²) in [5.41, 5.74) is 2.51. The molecule has 32 heavy (non-hydrogen) atoms. The summed E-state index contributed by atoms with van der Waals surface area (Å²) in [6.45, 7) is 4.62. The van der Waals surface area contributed by atoms with Crippen LogP contribution in [0.1, 0.15) is 12.0 Å². The van der Waals surface area contributed by atoms with Crippen molar-refractivity contribution in [3.05, 3.63) is 83.2 Å². The maximum atomic E-state index is 12.9. The molecule has 1 amide bonds. The molecule has 0 spiro atoms. The Balaban J connectivity index is 1.43. The zero-order chi connectivity index (χ0) is 22.1. The molecule has 0 unspecified atom stereocenters. The minimum absolute atomic E-state index is 0.0959. The third-order valence-corrected chi connectivity index (χ3v) is 6.23. The Morgan fingerprint density at radius 2 is 1.88 bits per heavy atom. The fraction of sp³-hybridized carbons (Fsp3) is 0.174. The molecule has 0 atom stereocenters. The quantitative estimate of drug-likeness (QED) is 0.337. The fourth-order valence-electron chi connectivity index (χ4n) is 3.79. The molecule has 0 saturated heterocycles. The predicted octanol–water partition coefficient (Wildman–Crippen LogP) is 2.96. The maximum absolute atomic E-state index is 12.9. The van der Waals surface area contributed by atoms with Gasteiger partial charge in [-0.1, -0.05) is 60.3 Å². The number of carbonyl (C=O) groups excluding carboxylic acids is 1. The van der Waals surface area contributed by atoms with E-state index in [2.05, 4.69) is 21.9 Å². The predicted molar refractivity (Wildman–Crippen MR) is 125 cm³/mol. The van der Waals surface area contributed by atoms with Crippen LogP contribution in [0.3, 0.4) is 0 Å². The van der Waals surface area contributed by atoms with Gasteiger partial charge in [-0.3, -0.25) is 18.6 Å². The second-order valence-corrected chi connectivity index (χ2v) is 8.25. The van der Waals surface area contributed by atoms with E-state index in [9.17, 15) is 9.59 Å². The van der Waals surface area contributed by atoms with Gasteiger partial charge in [0.2, 0.25) is 5.78 Å². The number of hydrogen-bond donors (Lipinski definition) is 0. The van der Waals surface area contributed by atoms with Crippen LogP contribution in [-0.2, 0) is 11.3 Å². The third kappa shape index (κ3) is 3.50. The van der Waals surface area contributed by atoms with Crippen molar-refractivity contribution in [1.82, 2.24) is 24.2 Å². The summed E-state index contributed by atoms with van der Waals surface area (Å²) in [6.07, 6.45) is 2.38. The molecule has 2 aromatic carbocycles. The summed E-state index contributed by atoms with van der Waals surface area (Å²) >= 11 is 1.28. The first kappa shape index (κ1) is 20.2. The molecular weight excluding hydrogens is 424 g/mol. The molecule has 0 bridgehead atoms. The van der Waals surface area contributed by atoms with Gasteiger partial charge in [0, 0.05) is 13.0 Å². The van der Waals surface area contributed by atoms with Gasteiger partial charge in [0.15, 0.2) is 5.16 Å². The Hall–Kier alpha value is -3.72. The van der Waals surface area contributed by atoms with E-state index < -0.39 is 0 Å². The lowest BCUT2D eigenvalue weighted by atomic mass is 10.1. The number of nitrogens with zero attached hydrogens (tertiary/aromatic N) is 6. The number of rotatable bonds is 6. The largest absolute Gasteiger partial charge is 0.272 e. The summed E-state index contributed by atoms with van der Waals surface area (Å²) < 4.78 is 3.35. The van der Waals surface area contributed by atoms with E-state index in [0.717, 1.165) is 17.7 Å². The Bertz CT molecular complexity index is 1420. The fourth-order valence-corrected chi connectivity index (χ4v) is 4.60. The molecule has 0 N–H and O–H groups in total. The number of benzene rings is 2. The van der Waals surface area contributed by atoms with Gasteiger partial charge < -0.3 is 0 Å². The second-order valence-electron chi connectivity index (χ2n) is 7.31.